The number of oxime groups is 2. The minimum Gasteiger partial charge on any atom is -0.478 e. The highest BCUT2D eigenvalue weighted by Gasteiger charge is 2.45. The van der Waals surface area contributed by atoms with Crippen molar-refractivity contribution < 1.29 is 86.6 Å². The van der Waals surface area contributed by atoms with E-state index in [0.29, 0.717) is 39.2 Å². The lowest BCUT2D eigenvalue weighted by molar-refractivity contribution is -0.142. The number of carbonyl (C=O) groups excluding carboxylic acids is 3. The smallest absolute Gasteiger partial charge is 0.435 e. The number of nitrogens with zero attached hydrogens (tertiary/aromatic N) is 6. The van der Waals surface area contributed by atoms with Gasteiger partial charge in [-0.3, -0.25) is 23.7 Å². The van der Waals surface area contributed by atoms with Gasteiger partial charge in [-0.15, -0.1) is 0 Å². The van der Waals surface area contributed by atoms with Crippen LogP contribution in [0.3, 0.4) is 0 Å². The Balaban J connectivity index is 0.000000266. The largest absolute Gasteiger partial charge is 0.478 e. The summed E-state index contributed by atoms with van der Waals surface area (Å²) in [5.41, 5.74) is 4.65. The summed E-state index contributed by atoms with van der Waals surface area (Å²) in [4.78, 5) is 56.2. The number of aromatic nitrogens is 4. The van der Waals surface area contributed by atoms with Crippen LogP contribution in [0, 0.1) is 13.8 Å². The predicted molar refractivity (Wildman–Crippen MR) is 226 cm³/mol. The third-order valence-electron chi connectivity index (χ3n) is 10.5. The molecular formula is C43H45F12N9O7. The van der Waals surface area contributed by atoms with Crippen LogP contribution in [0.1, 0.15) is 105 Å². The van der Waals surface area contributed by atoms with Crippen LogP contribution < -0.4 is 16.4 Å². The van der Waals surface area contributed by atoms with Gasteiger partial charge in [0.1, 0.15) is 13.1 Å². The Bertz CT molecular complexity index is 2690. The van der Waals surface area contributed by atoms with E-state index in [-0.39, 0.29) is 42.6 Å². The number of aromatic carboxylic acids is 1. The van der Waals surface area contributed by atoms with E-state index in [1.54, 1.807) is 62.6 Å². The van der Waals surface area contributed by atoms with Crippen molar-refractivity contribution in [1.82, 2.24) is 30.2 Å². The molecule has 2 aromatic carbocycles. The highest BCUT2D eigenvalue weighted by molar-refractivity contribution is 6.04. The van der Waals surface area contributed by atoms with Crippen molar-refractivity contribution in [1.29, 1.82) is 0 Å². The molecule has 0 bridgehead atoms. The fourth-order valence-electron chi connectivity index (χ4n) is 7.02. The van der Waals surface area contributed by atoms with Crippen molar-refractivity contribution in [2.24, 2.45) is 30.1 Å². The predicted octanol–water partition coefficient (Wildman–Crippen LogP) is 7.54. The molecule has 2 atom stereocenters. The molecular weight excluding hydrogens is 983 g/mol. The average Bonchev–Trinajstić information content (AvgIpc) is 4.06. The zero-order chi connectivity index (χ0) is 53.7. The molecule has 388 valence electrons. The highest BCUT2D eigenvalue weighted by Crippen LogP contribution is 2.40. The fourth-order valence-corrected chi connectivity index (χ4v) is 7.02. The monoisotopic (exact) mass is 1030 g/mol. The lowest BCUT2D eigenvalue weighted by Crippen LogP contribution is -2.37. The number of Topliss-reactive ketones (excluding diaryl/α,β-unsaturated/α-hetero) is 1. The van der Waals surface area contributed by atoms with Gasteiger partial charge in [0.05, 0.1) is 34.9 Å². The first-order valence-electron chi connectivity index (χ1n) is 20.6. The highest BCUT2D eigenvalue weighted by atomic mass is 19.4. The maximum Gasteiger partial charge on any atom is 0.435 e. The zero-order valence-electron chi connectivity index (χ0n) is 38.3. The maximum absolute atomic E-state index is 13.0. The van der Waals surface area contributed by atoms with E-state index >= 15 is 0 Å². The fraction of sp³-hybridized carbons (Fsp3) is 0.442. The number of halogens is 12. The van der Waals surface area contributed by atoms with E-state index in [1.807, 2.05) is 0 Å². The number of benzene rings is 2. The van der Waals surface area contributed by atoms with E-state index in [2.05, 4.69) is 20.5 Å². The number of hydrogen-bond donors (Lipinski definition) is 4. The number of hydrogen-bond acceptors (Lipinski definition) is 11. The van der Waals surface area contributed by atoms with Gasteiger partial charge in [0, 0.05) is 45.3 Å². The molecule has 2 aliphatic heterocycles. The van der Waals surface area contributed by atoms with Crippen LogP contribution in [0.5, 0.6) is 0 Å². The molecule has 6 rings (SSSR count). The summed E-state index contributed by atoms with van der Waals surface area (Å²) in [6, 6.07) is 11.4. The minimum absolute atomic E-state index is 0.149. The van der Waals surface area contributed by atoms with Crippen LogP contribution >= 0.6 is 0 Å². The number of carbonyl (C=O) groups is 4. The molecule has 71 heavy (non-hydrogen) atoms. The van der Waals surface area contributed by atoms with Crippen molar-refractivity contribution >= 4 is 35.0 Å². The molecule has 0 fully saturated rings. The molecule has 16 nitrogen and oxygen atoms in total. The number of ketones is 1. The van der Waals surface area contributed by atoms with Gasteiger partial charge >= 0.3 is 30.7 Å². The van der Waals surface area contributed by atoms with Crippen LogP contribution in [0.25, 0.3) is 0 Å². The molecule has 5 N–H and O–H groups in total. The van der Waals surface area contributed by atoms with Gasteiger partial charge in [-0.25, -0.2) is 4.79 Å². The summed E-state index contributed by atoms with van der Waals surface area (Å²) in [6.07, 6.45) is -18.3. The summed E-state index contributed by atoms with van der Waals surface area (Å²) in [5.74, 6) is -3.14. The molecule has 4 aromatic rings. The number of alkyl halides is 12. The van der Waals surface area contributed by atoms with Crippen molar-refractivity contribution in [2.75, 3.05) is 19.6 Å². The first-order valence-corrected chi connectivity index (χ1v) is 20.6. The van der Waals surface area contributed by atoms with Crippen LogP contribution in [-0.4, -0.2) is 91.6 Å². The Morgan fingerprint density at radius 3 is 1.38 bits per heavy atom. The van der Waals surface area contributed by atoms with E-state index in [4.69, 9.17) is 20.5 Å². The van der Waals surface area contributed by atoms with Crippen LogP contribution in [0.15, 0.2) is 58.8 Å². The topological polar surface area (TPSA) is 217 Å². The van der Waals surface area contributed by atoms with Gasteiger partial charge in [0.2, 0.25) is 11.8 Å². The first-order chi connectivity index (χ1) is 32.6. The number of aryl methyl sites for hydroxylation is 4. The second-order valence-corrected chi connectivity index (χ2v) is 16.4. The number of carboxylic acid groups (broad SMARTS) is 1. The molecule has 0 spiro atoms. The summed E-state index contributed by atoms with van der Waals surface area (Å²) in [7, 11) is 2.80. The summed E-state index contributed by atoms with van der Waals surface area (Å²) < 4.78 is 150. The average molecular weight is 1030 g/mol. The van der Waals surface area contributed by atoms with Gasteiger partial charge in [-0.2, -0.15) is 62.9 Å². The number of rotatable bonds is 12. The lowest BCUT2D eigenvalue weighted by Gasteiger charge is -2.21. The van der Waals surface area contributed by atoms with Crippen LogP contribution in [0.2, 0.25) is 0 Å². The van der Waals surface area contributed by atoms with Crippen molar-refractivity contribution in [3.8, 4) is 0 Å². The van der Waals surface area contributed by atoms with Crippen molar-refractivity contribution in [3.05, 3.63) is 105 Å². The van der Waals surface area contributed by atoms with Gasteiger partial charge in [0.15, 0.2) is 28.4 Å². The lowest BCUT2D eigenvalue weighted by atomic mass is 9.91. The SMILES string of the molecule is Cc1cc(C2=NOC(C)(c3cc(C(F)(F)F)nn3C)C2)ccc1C(=O)CCC(=O)NCC(F)(F)F.Cc1cc(C2=NOC(C)(c3cc(C(F)(F)F)nn3C)C2)ccc1C(=O)O.NCC(=O)NCC(F)(F)F. The van der Waals surface area contributed by atoms with Gasteiger partial charge in [0.25, 0.3) is 0 Å². The van der Waals surface area contributed by atoms with E-state index in [0.717, 1.165) is 21.5 Å². The second-order valence-electron chi connectivity index (χ2n) is 16.4. The third kappa shape index (κ3) is 15.2. The number of amides is 2. The Kier molecular flexibility index (Phi) is 17.2. The second kappa shape index (κ2) is 21.6. The van der Waals surface area contributed by atoms with Crippen LogP contribution in [-0.2, 0) is 56.9 Å². The normalized spacial score (nSPS) is 17.9. The Hall–Kier alpha value is -7.00. The maximum atomic E-state index is 13.0. The molecule has 2 unspecified atom stereocenters. The Morgan fingerprint density at radius 2 is 1.04 bits per heavy atom. The van der Waals surface area contributed by atoms with Crippen molar-refractivity contribution in [2.45, 2.75) is 89.3 Å². The molecule has 0 radical (unpaired) electrons. The molecule has 28 heteroatoms. The third-order valence-corrected chi connectivity index (χ3v) is 10.5. The van der Waals surface area contributed by atoms with Gasteiger partial charge < -0.3 is 31.1 Å². The standard InChI is InChI=1S/C22H22F6N4O3.C17H16F3N3O3.C4H7F3N2O/c1-12-8-13(4-5-14(12)16(33)6-7-19(34)29-11-21(23,24)25)15-10-20(2,35-31-15)18-9-17(22(26,27)28)30-32(18)3;1-9-6-10(4-5-11(9)15(24)25)12-8-16(2,26-22-12)14-7-13(17(18,19)20)21-23(14)3;5-4(6,7)2-9-3(10)1-8/h4-5,8-9H,6-7,10-11H2,1-3H3,(H,29,34);4-7H,8H2,1-3H3,(H,24,25);1-2,8H2,(H,9,10). The minimum atomic E-state index is -4.60. The quantitative estimate of drug-likeness (QED) is 0.0808. The molecule has 0 aliphatic carbocycles. The Morgan fingerprint density at radius 1 is 0.648 bits per heavy atom. The molecule has 2 amide bonds. The van der Waals surface area contributed by atoms with Crippen LogP contribution in [0.4, 0.5) is 52.7 Å². The number of nitrogens with one attached hydrogen (secondary N) is 2. The van der Waals surface area contributed by atoms with E-state index in [1.165, 1.54) is 26.2 Å². The van der Waals surface area contributed by atoms with Gasteiger partial charge in [-0.05, 0) is 80.3 Å². The van der Waals surface area contributed by atoms with Crippen molar-refractivity contribution in [3.63, 3.8) is 0 Å². The molecule has 0 saturated heterocycles. The molecule has 0 saturated carbocycles. The first kappa shape index (κ1) is 56.6. The van der Waals surface area contributed by atoms with E-state index < -0.39 is 90.5 Å². The van der Waals surface area contributed by atoms with Gasteiger partial charge in [-0.1, -0.05) is 28.5 Å². The molecule has 2 aliphatic rings. The molecule has 4 heterocycles. The molecule has 2 aromatic heterocycles. The van der Waals surface area contributed by atoms with E-state index in [9.17, 15) is 71.9 Å². The summed E-state index contributed by atoms with van der Waals surface area (Å²) >= 11 is 0. The zero-order valence-corrected chi connectivity index (χ0v) is 38.3. The Labute approximate surface area is 395 Å². The number of nitrogens with two attached hydrogens (primary N) is 1. The summed E-state index contributed by atoms with van der Waals surface area (Å²) in [6.45, 7) is 3.34. The number of carboxylic acids is 1. The summed E-state index contributed by atoms with van der Waals surface area (Å²) in [5, 5.41) is 27.4.